The van der Waals surface area contributed by atoms with Crippen LogP contribution in [-0.2, 0) is 20.8 Å². The lowest BCUT2D eigenvalue weighted by molar-refractivity contribution is -0.159. The fourth-order valence-corrected chi connectivity index (χ4v) is 3.58. The summed E-state index contributed by atoms with van der Waals surface area (Å²) in [7, 11) is 0. The van der Waals surface area contributed by atoms with E-state index in [1.807, 2.05) is 17.0 Å². The number of ether oxygens (including phenoxy) is 2. The molecule has 0 unspecified atom stereocenters. The molecular weight excluding hydrogens is 302 g/mol. The minimum Gasteiger partial charge on any atom is -0.376 e. The number of carbonyl (C=O) groups is 1. The lowest BCUT2D eigenvalue weighted by atomic mass is 9.84. The summed E-state index contributed by atoms with van der Waals surface area (Å²) in [6, 6.07) is 18.8. The van der Waals surface area contributed by atoms with Crippen LogP contribution >= 0.6 is 0 Å². The normalized spacial score (nSPS) is 23.6. The van der Waals surface area contributed by atoms with Crippen LogP contribution in [0.5, 0.6) is 0 Å². The zero-order valence-electron chi connectivity index (χ0n) is 13.6. The van der Waals surface area contributed by atoms with Crippen molar-refractivity contribution in [3.05, 3.63) is 71.3 Å². The Balaban J connectivity index is 1.64. The molecule has 2 heterocycles. The molecule has 0 aliphatic carbocycles. The van der Waals surface area contributed by atoms with Crippen LogP contribution in [0.15, 0.2) is 54.6 Å². The van der Waals surface area contributed by atoms with Gasteiger partial charge in [0.25, 0.3) is 5.91 Å². The summed E-state index contributed by atoms with van der Waals surface area (Å²) >= 11 is 0. The monoisotopic (exact) mass is 323 g/mol. The minimum absolute atomic E-state index is 0.0325. The molecule has 0 aromatic heterocycles. The summed E-state index contributed by atoms with van der Waals surface area (Å²) in [5, 5.41) is 0. The Morgan fingerprint density at radius 2 is 1.79 bits per heavy atom. The largest absolute Gasteiger partial charge is 0.376 e. The van der Waals surface area contributed by atoms with Crippen LogP contribution in [0.2, 0.25) is 0 Å². The van der Waals surface area contributed by atoms with Crippen molar-refractivity contribution in [1.29, 1.82) is 0 Å². The van der Waals surface area contributed by atoms with Gasteiger partial charge in [-0.25, -0.2) is 0 Å². The highest BCUT2D eigenvalue weighted by atomic mass is 16.6. The van der Waals surface area contributed by atoms with Gasteiger partial charge in [-0.1, -0.05) is 54.6 Å². The van der Waals surface area contributed by atoms with Crippen molar-refractivity contribution in [3.63, 3.8) is 0 Å². The summed E-state index contributed by atoms with van der Waals surface area (Å²) in [6.45, 7) is 2.73. The lowest BCUT2D eigenvalue weighted by Gasteiger charge is -2.37. The van der Waals surface area contributed by atoms with Gasteiger partial charge in [0.2, 0.25) is 0 Å². The van der Waals surface area contributed by atoms with Gasteiger partial charge in [-0.2, -0.15) is 0 Å². The molecule has 124 valence electrons. The molecule has 4 rings (SSSR count). The zero-order valence-corrected chi connectivity index (χ0v) is 13.6. The van der Waals surface area contributed by atoms with Gasteiger partial charge in [-0.3, -0.25) is 4.79 Å². The van der Waals surface area contributed by atoms with Gasteiger partial charge in [0.15, 0.2) is 6.10 Å². The van der Waals surface area contributed by atoms with Crippen molar-refractivity contribution in [3.8, 4) is 0 Å². The van der Waals surface area contributed by atoms with E-state index in [4.69, 9.17) is 9.47 Å². The number of amides is 1. The molecule has 0 spiro atoms. The first-order chi connectivity index (χ1) is 11.8. The Kier molecular flexibility index (Phi) is 4.32. The summed E-state index contributed by atoms with van der Waals surface area (Å²) in [5.41, 5.74) is 3.76. The van der Waals surface area contributed by atoms with Crippen molar-refractivity contribution >= 4 is 5.91 Å². The molecular formula is C20H21NO3. The number of nitrogens with zero attached hydrogens (tertiary/aromatic N) is 1. The van der Waals surface area contributed by atoms with E-state index in [-0.39, 0.29) is 11.8 Å². The predicted octanol–water partition coefficient (Wildman–Crippen LogP) is 2.58. The molecule has 2 aliphatic heterocycles. The van der Waals surface area contributed by atoms with Crippen LogP contribution in [0.3, 0.4) is 0 Å². The molecule has 24 heavy (non-hydrogen) atoms. The molecule has 4 heteroatoms. The summed E-state index contributed by atoms with van der Waals surface area (Å²) in [6.07, 6.45) is -0.472. The minimum atomic E-state index is -0.472. The average molecular weight is 323 g/mol. The Hall–Kier alpha value is -2.17. The standard InChI is InChI=1S/C20H21NO3/c22-20(19-14-23-10-11-24-19)21-12-16-8-4-5-9-17(16)18(13-21)15-6-2-1-3-7-15/h1-9,18-19H,10-14H2/t18-,19+/m0/s1. The van der Waals surface area contributed by atoms with E-state index >= 15 is 0 Å². The number of carbonyl (C=O) groups excluding carboxylic acids is 1. The molecule has 2 aromatic rings. The maximum absolute atomic E-state index is 12.9. The van der Waals surface area contributed by atoms with E-state index in [2.05, 4.69) is 42.5 Å². The molecule has 2 atom stereocenters. The molecule has 1 saturated heterocycles. The zero-order chi connectivity index (χ0) is 16.4. The van der Waals surface area contributed by atoms with E-state index in [1.54, 1.807) is 0 Å². The van der Waals surface area contributed by atoms with E-state index in [1.165, 1.54) is 16.7 Å². The molecule has 1 amide bonds. The maximum Gasteiger partial charge on any atom is 0.254 e. The topological polar surface area (TPSA) is 38.8 Å². The fourth-order valence-electron chi connectivity index (χ4n) is 3.58. The predicted molar refractivity (Wildman–Crippen MR) is 90.7 cm³/mol. The Labute approximate surface area is 142 Å². The third-order valence-corrected chi connectivity index (χ3v) is 4.80. The van der Waals surface area contributed by atoms with Crippen molar-refractivity contribution in [1.82, 2.24) is 4.90 Å². The first kappa shape index (κ1) is 15.4. The quantitative estimate of drug-likeness (QED) is 0.853. The Bertz CT molecular complexity index is 710. The van der Waals surface area contributed by atoms with Gasteiger partial charge < -0.3 is 14.4 Å². The summed E-state index contributed by atoms with van der Waals surface area (Å²) < 4.78 is 11.0. The highest BCUT2D eigenvalue weighted by Crippen LogP contribution is 2.33. The van der Waals surface area contributed by atoms with Gasteiger partial charge >= 0.3 is 0 Å². The van der Waals surface area contributed by atoms with Gasteiger partial charge in [-0.15, -0.1) is 0 Å². The molecule has 0 bridgehead atoms. The Morgan fingerprint density at radius 3 is 2.58 bits per heavy atom. The highest BCUT2D eigenvalue weighted by molar-refractivity contribution is 5.81. The van der Waals surface area contributed by atoms with E-state index in [9.17, 15) is 4.79 Å². The van der Waals surface area contributed by atoms with Crippen LogP contribution in [0.1, 0.15) is 22.6 Å². The van der Waals surface area contributed by atoms with Crippen LogP contribution < -0.4 is 0 Å². The maximum atomic E-state index is 12.9. The molecule has 0 N–H and O–H groups in total. The lowest BCUT2D eigenvalue weighted by Crippen LogP contribution is -2.48. The molecule has 2 aromatic carbocycles. The van der Waals surface area contributed by atoms with Crippen LogP contribution in [0.25, 0.3) is 0 Å². The number of benzene rings is 2. The number of hydrogen-bond acceptors (Lipinski definition) is 3. The van der Waals surface area contributed by atoms with Gasteiger partial charge in [0.1, 0.15) is 0 Å². The SMILES string of the molecule is O=C([C@H]1COCCO1)N1Cc2ccccc2[C@H](c2ccccc2)C1. The highest BCUT2D eigenvalue weighted by Gasteiger charge is 2.33. The smallest absolute Gasteiger partial charge is 0.254 e. The molecule has 2 aliphatic rings. The first-order valence-electron chi connectivity index (χ1n) is 8.44. The van der Waals surface area contributed by atoms with Crippen molar-refractivity contribution in [2.45, 2.75) is 18.6 Å². The first-order valence-corrected chi connectivity index (χ1v) is 8.44. The molecule has 4 nitrogen and oxygen atoms in total. The number of fused-ring (bicyclic) bond motifs is 1. The third kappa shape index (κ3) is 2.95. The molecule has 1 fully saturated rings. The van der Waals surface area contributed by atoms with Crippen LogP contribution in [-0.4, -0.2) is 43.3 Å². The van der Waals surface area contributed by atoms with Crippen LogP contribution in [0.4, 0.5) is 0 Å². The van der Waals surface area contributed by atoms with Gasteiger partial charge in [0, 0.05) is 19.0 Å². The second-order valence-electron chi connectivity index (χ2n) is 6.32. The van der Waals surface area contributed by atoms with E-state index < -0.39 is 6.10 Å². The van der Waals surface area contributed by atoms with Gasteiger partial charge in [-0.05, 0) is 16.7 Å². The van der Waals surface area contributed by atoms with Crippen molar-refractivity contribution < 1.29 is 14.3 Å². The van der Waals surface area contributed by atoms with E-state index in [0.29, 0.717) is 32.9 Å². The molecule has 0 radical (unpaired) electrons. The number of rotatable bonds is 2. The summed E-state index contributed by atoms with van der Waals surface area (Å²) in [4.78, 5) is 14.8. The number of hydrogen-bond donors (Lipinski definition) is 0. The van der Waals surface area contributed by atoms with Crippen molar-refractivity contribution in [2.75, 3.05) is 26.4 Å². The molecule has 0 saturated carbocycles. The fraction of sp³-hybridized carbons (Fsp3) is 0.350. The summed E-state index contributed by atoms with van der Waals surface area (Å²) in [5.74, 6) is 0.231. The van der Waals surface area contributed by atoms with Crippen LogP contribution in [0, 0.1) is 0 Å². The third-order valence-electron chi connectivity index (χ3n) is 4.80. The second kappa shape index (κ2) is 6.75. The van der Waals surface area contributed by atoms with Crippen molar-refractivity contribution in [2.24, 2.45) is 0 Å². The Morgan fingerprint density at radius 1 is 1.00 bits per heavy atom. The van der Waals surface area contributed by atoms with E-state index in [0.717, 1.165) is 0 Å². The second-order valence-corrected chi connectivity index (χ2v) is 6.32. The van der Waals surface area contributed by atoms with Gasteiger partial charge in [0.05, 0.1) is 19.8 Å². The average Bonchev–Trinajstić information content (AvgIpc) is 2.68.